The van der Waals surface area contributed by atoms with Gasteiger partial charge in [-0.05, 0) is 85.4 Å². The van der Waals surface area contributed by atoms with Crippen molar-refractivity contribution in [3.8, 4) is 16.9 Å². The molecule has 3 aromatic carbocycles. The minimum Gasteiger partial charge on any atom is -0.489 e. The predicted octanol–water partition coefficient (Wildman–Crippen LogP) is 7.05. The average Bonchev–Trinajstić information content (AvgIpc) is 2.92. The van der Waals surface area contributed by atoms with Gasteiger partial charge >= 0.3 is 0 Å². The highest BCUT2D eigenvalue weighted by molar-refractivity contribution is 5.71. The molecule has 0 aliphatic carbocycles. The molecule has 0 amide bonds. The van der Waals surface area contributed by atoms with Crippen molar-refractivity contribution >= 4 is 5.69 Å². The second kappa shape index (κ2) is 11.2. The van der Waals surface area contributed by atoms with Gasteiger partial charge in [-0.3, -0.25) is 0 Å². The van der Waals surface area contributed by atoms with E-state index < -0.39 is 0 Å². The number of rotatable bonds is 7. The average molecular weight is 503 g/mol. The summed E-state index contributed by atoms with van der Waals surface area (Å²) >= 11 is 0. The van der Waals surface area contributed by atoms with E-state index >= 15 is 4.39 Å². The first-order chi connectivity index (χ1) is 18.0. The number of hydrogen-bond donors (Lipinski definition) is 1. The van der Waals surface area contributed by atoms with Crippen LogP contribution >= 0.6 is 0 Å². The molecule has 0 radical (unpaired) electrons. The van der Waals surface area contributed by atoms with E-state index in [0.717, 1.165) is 68.1 Å². The molecule has 1 unspecified atom stereocenters. The van der Waals surface area contributed by atoms with E-state index in [9.17, 15) is 0 Å². The van der Waals surface area contributed by atoms with Gasteiger partial charge in [0.15, 0.2) is 0 Å². The molecular formula is C32H39FN2O2. The zero-order valence-corrected chi connectivity index (χ0v) is 22.1. The number of benzene rings is 3. The van der Waals surface area contributed by atoms with Gasteiger partial charge in [-0.15, -0.1) is 0 Å². The summed E-state index contributed by atoms with van der Waals surface area (Å²) in [4.78, 5) is 2.46. The van der Waals surface area contributed by atoms with Crippen molar-refractivity contribution in [1.29, 1.82) is 0 Å². The van der Waals surface area contributed by atoms with Gasteiger partial charge in [0, 0.05) is 49.2 Å². The van der Waals surface area contributed by atoms with Crippen LogP contribution in [-0.4, -0.2) is 26.3 Å². The predicted molar refractivity (Wildman–Crippen MR) is 149 cm³/mol. The van der Waals surface area contributed by atoms with Crippen LogP contribution < -0.4 is 15.4 Å². The maximum atomic E-state index is 15.6. The highest BCUT2D eigenvalue weighted by atomic mass is 19.1. The quantitative estimate of drug-likeness (QED) is 0.376. The molecule has 0 saturated carbocycles. The molecule has 3 aromatic rings. The van der Waals surface area contributed by atoms with Crippen LogP contribution in [0, 0.1) is 11.2 Å². The minimum atomic E-state index is -0.366. The van der Waals surface area contributed by atoms with E-state index in [0.29, 0.717) is 23.1 Å². The zero-order valence-electron chi connectivity index (χ0n) is 22.1. The first-order valence-corrected chi connectivity index (χ1v) is 13.7. The molecule has 2 aliphatic rings. The molecule has 2 fully saturated rings. The number of halogens is 1. The molecular weight excluding hydrogens is 463 g/mol. The van der Waals surface area contributed by atoms with Gasteiger partial charge in [0.1, 0.15) is 18.2 Å². The standard InChI is InChI=1S/C32H39FN2O2/c1-3-25-7-4-5-10-30(25)37-22-24-19-26(29-9-6-8-28(23(2)34)31(29)33)21-27(20-24)35-15-11-32(12-16-35)13-17-36-18-14-32/h4-10,19-21,23H,3,11-18,22,34H2,1-2H3. The number of nitrogens with zero attached hydrogens (tertiary/aromatic N) is 1. The number of hydrogen-bond acceptors (Lipinski definition) is 4. The van der Waals surface area contributed by atoms with Crippen LogP contribution in [0.25, 0.3) is 11.1 Å². The lowest BCUT2D eigenvalue weighted by Crippen LogP contribution is -2.43. The Hall–Kier alpha value is -2.89. The molecule has 1 atom stereocenters. The Bertz CT molecular complexity index is 1210. The van der Waals surface area contributed by atoms with Gasteiger partial charge in [-0.25, -0.2) is 4.39 Å². The Labute approximate surface area is 220 Å². The van der Waals surface area contributed by atoms with Crippen molar-refractivity contribution in [2.24, 2.45) is 11.1 Å². The Kier molecular flexibility index (Phi) is 7.82. The number of ether oxygens (including phenoxy) is 2. The Morgan fingerprint density at radius 2 is 1.76 bits per heavy atom. The van der Waals surface area contributed by atoms with Crippen molar-refractivity contribution in [1.82, 2.24) is 0 Å². The van der Waals surface area contributed by atoms with Gasteiger partial charge in [0.2, 0.25) is 0 Å². The second-order valence-electron chi connectivity index (χ2n) is 10.7. The van der Waals surface area contributed by atoms with Crippen LogP contribution in [0.5, 0.6) is 5.75 Å². The fourth-order valence-corrected chi connectivity index (χ4v) is 5.86. The monoisotopic (exact) mass is 502 g/mol. The number of aryl methyl sites for hydroxylation is 1. The summed E-state index contributed by atoms with van der Waals surface area (Å²) in [5, 5.41) is 0. The zero-order chi connectivity index (χ0) is 25.8. The number of nitrogens with two attached hydrogens (primary N) is 1. The third-order valence-electron chi connectivity index (χ3n) is 8.30. The highest BCUT2D eigenvalue weighted by Gasteiger charge is 2.36. The molecule has 1 spiro atoms. The van der Waals surface area contributed by atoms with Crippen molar-refractivity contribution in [2.75, 3.05) is 31.2 Å². The first kappa shape index (κ1) is 25.7. The number of para-hydroxylation sites is 1. The van der Waals surface area contributed by atoms with Gasteiger partial charge in [-0.2, -0.15) is 0 Å². The molecule has 5 heteroatoms. The van der Waals surface area contributed by atoms with E-state index in [-0.39, 0.29) is 11.9 Å². The van der Waals surface area contributed by atoms with Gasteiger partial charge in [0.05, 0.1) is 0 Å². The van der Waals surface area contributed by atoms with E-state index in [1.54, 1.807) is 6.07 Å². The van der Waals surface area contributed by atoms with Crippen LogP contribution in [0.15, 0.2) is 60.7 Å². The van der Waals surface area contributed by atoms with Crippen LogP contribution in [-0.2, 0) is 17.8 Å². The molecule has 0 aromatic heterocycles. The smallest absolute Gasteiger partial charge is 0.135 e. The maximum absolute atomic E-state index is 15.6. The third kappa shape index (κ3) is 5.68. The maximum Gasteiger partial charge on any atom is 0.135 e. The summed E-state index contributed by atoms with van der Waals surface area (Å²) in [6.45, 7) is 8.16. The van der Waals surface area contributed by atoms with Crippen LogP contribution in [0.1, 0.15) is 62.3 Å². The van der Waals surface area contributed by atoms with Crippen LogP contribution in [0.3, 0.4) is 0 Å². The lowest BCUT2D eigenvalue weighted by molar-refractivity contribution is 0.00212. The van der Waals surface area contributed by atoms with Crippen LogP contribution in [0.4, 0.5) is 10.1 Å². The van der Waals surface area contributed by atoms with Gasteiger partial charge < -0.3 is 20.1 Å². The Balaban J connectivity index is 1.46. The summed E-state index contributed by atoms with van der Waals surface area (Å²) in [5.74, 6) is 0.666. The third-order valence-corrected chi connectivity index (χ3v) is 8.30. The number of anilines is 1. The molecule has 2 N–H and O–H groups in total. The van der Waals surface area contributed by atoms with Gasteiger partial charge in [0.25, 0.3) is 0 Å². The SMILES string of the molecule is CCc1ccccc1OCc1cc(-c2cccc(C(C)N)c2F)cc(N2CCC3(CCOCC3)CC2)c1. The van der Waals surface area contributed by atoms with Crippen molar-refractivity contribution < 1.29 is 13.9 Å². The molecule has 0 bridgehead atoms. The molecule has 2 heterocycles. The molecule has 4 nitrogen and oxygen atoms in total. The highest BCUT2D eigenvalue weighted by Crippen LogP contribution is 2.42. The minimum absolute atomic E-state index is 0.238. The van der Waals surface area contributed by atoms with Crippen molar-refractivity contribution in [3.05, 3.63) is 83.2 Å². The Morgan fingerprint density at radius 1 is 1.00 bits per heavy atom. The molecule has 5 rings (SSSR count). The van der Waals surface area contributed by atoms with Crippen molar-refractivity contribution in [2.45, 2.75) is 58.6 Å². The molecule has 196 valence electrons. The van der Waals surface area contributed by atoms with Crippen LogP contribution in [0.2, 0.25) is 0 Å². The fraction of sp³-hybridized carbons (Fsp3) is 0.438. The molecule has 37 heavy (non-hydrogen) atoms. The van der Waals surface area contributed by atoms with E-state index in [4.69, 9.17) is 15.2 Å². The van der Waals surface area contributed by atoms with Gasteiger partial charge in [-0.1, -0.05) is 43.3 Å². The largest absolute Gasteiger partial charge is 0.489 e. The Morgan fingerprint density at radius 3 is 2.49 bits per heavy atom. The van der Waals surface area contributed by atoms with E-state index in [2.05, 4.69) is 36.1 Å². The number of piperidine rings is 1. The first-order valence-electron chi connectivity index (χ1n) is 13.7. The fourth-order valence-electron chi connectivity index (χ4n) is 5.86. The summed E-state index contributed by atoms with van der Waals surface area (Å²) in [5.41, 5.74) is 11.8. The summed E-state index contributed by atoms with van der Waals surface area (Å²) < 4.78 is 27.5. The normalized spacial score (nSPS) is 18.1. The van der Waals surface area contributed by atoms with E-state index in [1.165, 1.54) is 18.4 Å². The molecule has 2 aliphatic heterocycles. The lowest BCUT2D eigenvalue weighted by atomic mass is 9.72. The summed E-state index contributed by atoms with van der Waals surface area (Å²) in [6.07, 6.45) is 5.57. The summed E-state index contributed by atoms with van der Waals surface area (Å²) in [6, 6.07) is 19.7. The summed E-state index contributed by atoms with van der Waals surface area (Å²) in [7, 11) is 0. The van der Waals surface area contributed by atoms with E-state index in [1.807, 2.05) is 37.3 Å². The second-order valence-corrected chi connectivity index (χ2v) is 10.7. The lowest BCUT2D eigenvalue weighted by Gasteiger charge is -2.45. The van der Waals surface area contributed by atoms with Crippen molar-refractivity contribution in [3.63, 3.8) is 0 Å². The molecule has 2 saturated heterocycles. The topological polar surface area (TPSA) is 47.7 Å².